The van der Waals surface area contributed by atoms with Crippen LogP contribution in [0.5, 0.6) is 0 Å². The fraction of sp³-hybridized carbons (Fsp3) is 0.727. The molecule has 26 heavy (non-hydrogen) atoms. The van der Waals surface area contributed by atoms with Crippen molar-refractivity contribution in [1.82, 2.24) is 0 Å². The molecule has 0 N–H and O–H groups in total. The number of ether oxygens (including phenoxy) is 2. The summed E-state index contributed by atoms with van der Waals surface area (Å²) in [6, 6.07) is 0. The highest BCUT2D eigenvalue weighted by Gasteiger charge is 2.51. The summed E-state index contributed by atoms with van der Waals surface area (Å²) in [7, 11) is 1.61. The van der Waals surface area contributed by atoms with E-state index in [0.717, 1.165) is 43.8 Å². The molecule has 146 valence electrons. The summed E-state index contributed by atoms with van der Waals surface area (Å²) in [6.07, 6.45) is 8.84. The molecule has 0 spiro atoms. The molecule has 1 saturated carbocycles. The van der Waals surface area contributed by atoms with Crippen LogP contribution in [0.15, 0.2) is 22.8 Å². The smallest absolute Gasteiger partial charge is 0.146 e. The lowest BCUT2D eigenvalue weighted by Crippen LogP contribution is -2.43. The highest BCUT2D eigenvalue weighted by Crippen LogP contribution is 2.61. The van der Waals surface area contributed by atoms with E-state index in [2.05, 4.69) is 27.7 Å². The summed E-state index contributed by atoms with van der Waals surface area (Å²) < 4.78 is 11.2. The minimum absolute atomic E-state index is 0.143. The number of aldehydes is 2. The normalized spacial score (nSPS) is 31.4. The third kappa shape index (κ3) is 3.86. The molecule has 0 aromatic rings. The maximum atomic E-state index is 11.6. The zero-order chi connectivity index (χ0) is 19.4. The van der Waals surface area contributed by atoms with Crippen molar-refractivity contribution >= 4 is 12.6 Å². The average Bonchev–Trinajstić information content (AvgIpc) is 2.96. The summed E-state index contributed by atoms with van der Waals surface area (Å²) in [5.74, 6) is 0.470. The van der Waals surface area contributed by atoms with Crippen molar-refractivity contribution < 1.29 is 19.1 Å². The molecule has 0 amide bonds. The van der Waals surface area contributed by atoms with Crippen molar-refractivity contribution in [3.63, 3.8) is 0 Å². The van der Waals surface area contributed by atoms with Crippen LogP contribution < -0.4 is 0 Å². The Morgan fingerprint density at radius 2 is 1.88 bits per heavy atom. The second-order valence-electron chi connectivity index (χ2n) is 8.56. The molecule has 0 aliphatic heterocycles. The lowest BCUT2D eigenvalue weighted by Gasteiger charge is -2.49. The molecule has 2 aliphatic rings. The number of hydrogen-bond acceptors (Lipinski definition) is 4. The van der Waals surface area contributed by atoms with Crippen LogP contribution in [-0.2, 0) is 19.1 Å². The summed E-state index contributed by atoms with van der Waals surface area (Å²) in [5.41, 5.74) is 3.83. The molecule has 4 heteroatoms. The molecule has 3 atom stereocenters. The second-order valence-corrected chi connectivity index (χ2v) is 8.56. The van der Waals surface area contributed by atoms with Gasteiger partial charge in [-0.3, -0.25) is 4.79 Å². The van der Waals surface area contributed by atoms with Crippen LogP contribution in [0.3, 0.4) is 0 Å². The van der Waals surface area contributed by atoms with Crippen molar-refractivity contribution in [2.24, 2.45) is 16.7 Å². The SMILES string of the molecule is COCO[C@H](CCC=O)[C@@]1(C)CC[C@@]2(C)CCC(C(C)C)=C2/C1=C/C=O. The summed E-state index contributed by atoms with van der Waals surface area (Å²) in [6.45, 7) is 9.21. The zero-order valence-electron chi connectivity index (χ0n) is 17.0. The topological polar surface area (TPSA) is 52.6 Å². The molecular weight excluding hydrogens is 328 g/mol. The molecule has 1 fully saturated rings. The van der Waals surface area contributed by atoms with Gasteiger partial charge in [0, 0.05) is 18.9 Å². The van der Waals surface area contributed by atoms with E-state index in [1.807, 2.05) is 0 Å². The van der Waals surface area contributed by atoms with Crippen LogP contribution in [0.4, 0.5) is 0 Å². The number of allylic oxidation sites excluding steroid dienone is 3. The first kappa shape index (κ1) is 21.0. The quantitative estimate of drug-likeness (QED) is 0.341. The van der Waals surface area contributed by atoms with Gasteiger partial charge in [-0.1, -0.05) is 33.3 Å². The zero-order valence-corrected chi connectivity index (χ0v) is 17.0. The van der Waals surface area contributed by atoms with Crippen LogP contribution in [0.1, 0.15) is 66.2 Å². The van der Waals surface area contributed by atoms with Crippen molar-refractivity contribution in [2.45, 2.75) is 72.3 Å². The fourth-order valence-corrected chi connectivity index (χ4v) is 4.96. The standard InChI is InChI=1S/C22H34O4/c1-16(2)17-8-10-21(3)11-12-22(4,18(9-14-24)20(17)21)19(7-6-13-23)26-15-25-5/h9,13-14,16,19H,6-8,10-12,15H2,1-5H3/b18-9-/t19-,21-,22+/m1/s1. The Morgan fingerprint density at radius 3 is 2.46 bits per heavy atom. The molecule has 4 nitrogen and oxygen atoms in total. The molecule has 0 unspecified atom stereocenters. The summed E-state index contributed by atoms with van der Waals surface area (Å²) in [4.78, 5) is 22.5. The van der Waals surface area contributed by atoms with Gasteiger partial charge < -0.3 is 14.3 Å². The van der Waals surface area contributed by atoms with Gasteiger partial charge in [-0.2, -0.15) is 0 Å². The number of fused-ring (bicyclic) bond motifs is 1. The molecule has 0 aromatic heterocycles. The van der Waals surface area contributed by atoms with Gasteiger partial charge in [0.2, 0.25) is 0 Å². The van der Waals surface area contributed by atoms with Crippen molar-refractivity contribution in [3.8, 4) is 0 Å². The van der Waals surface area contributed by atoms with Crippen molar-refractivity contribution in [3.05, 3.63) is 22.8 Å². The number of methoxy groups -OCH3 is 1. The monoisotopic (exact) mass is 362 g/mol. The molecule has 0 saturated heterocycles. The molecule has 2 aliphatic carbocycles. The van der Waals surface area contributed by atoms with Crippen LogP contribution in [-0.4, -0.2) is 32.6 Å². The maximum absolute atomic E-state index is 11.6. The van der Waals surface area contributed by atoms with Crippen LogP contribution in [0, 0.1) is 16.7 Å². The summed E-state index contributed by atoms with van der Waals surface area (Å²) >= 11 is 0. The van der Waals surface area contributed by atoms with E-state index in [4.69, 9.17) is 9.47 Å². The van der Waals surface area contributed by atoms with Crippen molar-refractivity contribution in [2.75, 3.05) is 13.9 Å². The predicted molar refractivity (Wildman–Crippen MR) is 103 cm³/mol. The van der Waals surface area contributed by atoms with Gasteiger partial charge in [-0.05, 0) is 60.7 Å². The highest BCUT2D eigenvalue weighted by atomic mass is 16.7. The Labute approximate surface area is 158 Å². The van der Waals surface area contributed by atoms with Gasteiger partial charge in [-0.15, -0.1) is 0 Å². The van der Waals surface area contributed by atoms with E-state index in [1.165, 1.54) is 11.1 Å². The molecular formula is C22H34O4. The Hall–Kier alpha value is -1.26. The second kappa shape index (κ2) is 8.62. The summed E-state index contributed by atoms with van der Waals surface area (Å²) in [5, 5.41) is 0. The lowest BCUT2D eigenvalue weighted by atomic mass is 9.57. The average molecular weight is 363 g/mol. The third-order valence-corrected chi connectivity index (χ3v) is 6.53. The van der Waals surface area contributed by atoms with Gasteiger partial charge in [-0.25, -0.2) is 0 Å². The highest BCUT2D eigenvalue weighted by molar-refractivity contribution is 5.70. The van der Waals surface area contributed by atoms with Gasteiger partial charge in [0.05, 0.1) is 6.10 Å². The van der Waals surface area contributed by atoms with Gasteiger partial charge in [0.1, 0.15) is 19.4 Å². The number of carbonyl (C=O) groups is 2. The Balaban J connectivity index is 2.52. The van der Waals surface area contributed by atoms with Gasteiger partial charge >= 0.3 is 0 Å². The first-order valence-electron chi connectivity index (χ1n) is 9.78. The maximum Gasteiger partial charge on any atom is 0.146 e. The first-order valence-corrected chi connectivity index (χ1v) is 9.78. The Bertz CT molecular complexity index is 589. The van der Waals surface area contributed by atoms with Crippen LogP contribution >= 0.6 is 0 Å². The minimum Gasteiger partial charge on any atom is -0.359 e. The molecule has 0 radical (unpaired) electrons. The van der Waals surface area contributed by atoms with E-state index < -0.39 is 0 Å². The number of carbonyl (C=O) groups excluding carboxylic acids is 2. The largest absolute Gasteiger partial charge is 0.359 e. The van der Waals surface area contributed by atoms with Crippen LogP contribution in [0.25, 0.3) is 0 Å². The third-order valence-electron chi connectivity index (χ3n) is 6.53. The minimum atomic E-state index is -0.290. The van der Waals surface area contributed by atoms with E-state index in [0.29, 0.717) is 18.8 Å². The molecule has 2 rings (SSSR count). The van der Waals surface area contributed by atoms with E-state index >= 15 is 0 Å². The molecule has 0 bridgehead atoms. The molecule has 0 heterocycles. The van der Waals surface area contributed by atoms with Crippen LogP contribution in [0.2, 0.25) is 0 Å². The van der Waals surface area contributed by atoms with E-state index in [-0.39, 0.29) is 23.7 Å². The van der Waals surface area contributed by atoms with Gasteiger partial charge in [0.25, 0.3) is 0 Å². The number of rotatable bonds is 9. The van der Waals surface area contributed by atoms with E-state index in [9.17, 15) is 9.59 Å². The fourth-order valence-electron chi connectivity index (χ4n) is 4.96. The predicted octanol–water partition coefficient (Wildman–Crippen LogP) is 4.63. The lowest BCUT2D eigenvalue weighted by molar-refractivity contribution is -0.121. The van der Waals surface area contributed by atoms with E-state index in [1.54, 1.807) is 13.2 Å². The van der Waals surface area contributed by atoms with Gasteiger partial charge in [0.15, 0.2) is 0 Å². The Morgan fingerprint density at radius 1 is 1.15 bits per heavy atom. The first-order chi connectivity index (χ1) is 12.3. The molecule has 0 aromatic carbocycles. The Kier molecular flexibility index (Phi) is 6.98. The number of hydrogen-bond donors (Lipinski definition) is 0. The van der Waals surface area contributed by atoms with Crippen molar-refractivity contribution in [1.29, 1.82) is 0 Å².